The SMILES string of the molecule is O=[N+]([O-])c1nn(C2CCOC3(CCC3)C2)cc1Cl. The van der Waals surface area contributed by atoms with Gasteiger partial charge in [-0.3, -0.25) is 0 Å². The van der Waals surface area contributed by atoms with Crippen molar-refractivity contribution >= 4 is 17.4 Å². The standard InChI is InChI=1S/C11H14ClN3O3/c12-9-7-14(13-10(9)15(16)17)8-2-5-18-11(6-8)3-1-4-11/h7-8H,1-6H2. The molecule has 1 aliphatic heterocycles. The lowest BCUT2D eigenvalue weighted by atomic mass is 9.74. The van der Waals surface area contributed by atoms with Gasteiger partial charge < -0.3 is 14.9 Å². The summed E-state index contributed by atoms with van der Waals surface area (Å²) in [6.45, 7) is 0.690. The molecule has 1 atom stereocenters. The summed E-state index contributed by atoms with van der Waals surface area (Å²) in [5.41, 5.74) is -0.00385. The van der Waals surface area contributed by atoms with Gasteiger partial charge in [0.1, 0.15) is 0 Å². The number of hydrogen-bond donors (Lipinski definition) is 0. The predicted octanol–water partition coefficient (Wildman–Crippen LogP) is 2.72. The number of aromatic nitrogens is 2. The van der Waals surface area contributed by atoms with Gasteiger partial charge in [0.15, 0.2) is 5.02 Å². The summed E-state index contributed by atoms with van der Waals surface area (Å²) in [6.07, 6.45) is 6.63. The second-order valence-corrected chi connectivity index (χ2v) is 5.48. The lowest BCUT2D eigenvalue weighted by Crippen LogP contribution is -2.46. The molecule has 0 aromatic carbocycles. The van der Waals surface area contributed by atoms with Gasteiger partial charge in [0.05, 0.1) is 22.9 Å². The van der Waals surface area contributed by atoms with Crippen LogP contribution in [0.5, 0.6) is 0 Å². The Labute approximate surface area is 109 Å². The van der Waals surface area contributed by atoms with E-state index in [1.807, 2.05) is 0 Å². The summed E-state index contributed by atoms with van der Waals surface area (Å²) in [4.78, 5) is 10.2. The first kappa shape index (κ1) is 11.9. The van der Waals surface area contributed by atoms with Crippen LogP contribution in [-0.4, -0.2) is 26.9 Å². The van der Waals surface area contributed by atoms with E-state index in [4.69, 9.17) is 16.3 Å². The van der Waals surface area contributed by atoms with Crippen molar-refractivity contribution in [1.82, 2.24) is 9.78 Å². The quantitative estimate of drug-likeness (QED) is 0.612. The van der Waals surface area contributed by atoms with Crippen LogP contribution in [0.15, 0.2) is 6.20 Å². The molecule has 0 bridgehead atoms. The van der Waals surface area contributed by atoms with Crippen LogP contribution in [-0.2, 0) is 4.74 Å². The van der Waals surface area contributed by atoms with Crippen LogP contribution in [0.2, 0.25) is 5.02 Å². The van der Waals surface area contributed by atoms with E-state index in [1.54, 1.807) is 10.9 Å². The van der Waals surface area contributed by atoms with Crippen molar-refractivity contribution in [3.63, 3.8) is 0 Å². The highest BCUT2D eigenvalue weighted by Gasteiger charge is 2.44. The van der Waals surface area contributed by atoms with Crippen molar-refractivity contribution in [3.8, 4) is 0 Å². The number of nitro groups is 1. The third kappa shape index (κ3) is 1.89. The van der Waals surface area contributed by atoms with E-state index in [1.165, 1.54) is 6.42 Å². The molecule has 2 fully saturated rings. The molecule has 0 amide bonds. The molecule has 18 heavy (non-hydrogen) atoms. The van der Waals surface area contributed by atoms with Gasteiger partial charge in [-0.05, 0) is 30.6 Å². The van der Waals surface area contributed by atoms with Crippen molar-refractivity contribution < 1.29 is 9.66 Å². The number of rotatable bonds is 2. The minimum atomic E-state index is -0.544. The average Bonchev–Trinajstić information content (AvgIpc) is 2.70. The second-order valence-electron chi connectivity index (χ2n) is 5.07. The highest BCUT2D eigenvalue weighted by atomic mass is 35.5. The van der Waals surface area contributed by atoms with Crippen LogP contribution in [0.3, 0.4) is 0 Å². The minimum Gasteiger partial charge on any atom is -0.375 e. The molecule has 1 aromatic heterocycles. The van der Waals surface area contributed by atoms with E-state index in [0.717, 1.165) is 25.7 Å². The molecule has 1 aromatic rings. The Kier molecular flexibility index (Phi) is 2.79. The number of hydrogen-bond acceptors (Lipinski definition) is 4. The molecule has 0 radical (unpaired) electrons. The van der Waals surface area contributed by atoms with Crippen molar-refractivity contribution in [2.24, 2.45) is 0 Å². The van der Waals surface area contributed by atoms with E-state index < -0.39 is 4.92 Å². The van der Waals surface area contributed by atoms with Gasteiger partial charge in [-0.25, -0.2) is 0 Å². The molecule has 7 heteroatoms. The summed E-state index contributed by atoms with van der Waals surface area (Å²) in [6, 6.07) is 0.158. The summed E-state index contributed by atoms with van der Waals surface area (Å²) in [5.74, 6) is -0.259. The van der Waals surface area contributed by atoms with Crippen molar-refractivity contribution in [2.45, 2.75) is 43.7 Å². The third-order valence-electron chi connectivity index (χ3n) is 3.95. The Morgan fingerprint density at radius 2 is 2.39 bits per heavy atom. The van der Waals surface area contributed by atoms with Crippen molar-refractivity contribution in [3.05, 3.63) is 21.3 Å². The Morgan fingerprint density at radius 3 is 2.94 bits per heavy atom. The number of halogens is 1. The van der Waals surface area contributed by atoms with Gasteiger partial charge >= 0.3 is 5.82 Å². The molecule has 3 rings (SSSR count). The zero-order chi connectivity index (χ0) is 12.8. The van der Waals surface area contributed by atoms with Crippen LogP contribution in [0.25, 0.3) is 0 Å². The zero-order valence-corrected chi connectivity index (χ0v) is 10.6. The molecule has 98 valence electrons. The largest absolute Gasteiger partial charge is 0.408 e. The van der Waals surface area contributed by atoms with E-state index >= 15 is 0 Å². The molecular formula is C11H14ClN3O3. The van der Waals surface area contributed by atoms with Crippen LogP contribution in [0.1, 0.15) is 38.1 Å². The van der Waals surface area contributed by atoms with Crippen molar-refractivity contribution in [2.75, 3.05) is 6.61 Å². The first-order chi connectivity index (χ1) is 8.60. The molecule has 1 unspecified atom stereocenters. The second kappa shape index (κ2) is 4.20. The van der Waals surface area contributed by atoms with Crippen LogP contribution in [0, 0.1) is 10.1 Å². The Balaban J connectivity index is 1.81. The number of ether oxygens (including phenoxy) is 1. The highest BCUT2D eigenvalue weighted by Crippen LogP contribution is 2.45. The lowest BCUT2D eigenvalue weighted by molar-refractivity contribution is -0.389. The molecule has 1 spiro atoms. The smallest absolute Gasteiger partial charge is 0.375 e. The molecule has 6 nitrogen and oxygen atoms in total. The average molecular weight is 272 g/mol. The number of nitrogens with zero attached hydrogens (tertiary/aromatic N) is 3. The van der Waals surface area contributed by atoms with Gasteiger partial charge in [-0.2, -0.15) is 4.68 Å². The maximum atomic E-state index is 10.7. The zero-order valence-electron chi connectivity index (χ0n) is 9.84. The first-order valence-electron chi connectivity index (χ1n) is 6.13. The van der Waals surface area contributed by atoms with Crippen LogP contribution < -0.4 is 0 Å². The predicted molar refractivity (Wildman–Crippen MR) is 64.7 cm³/mol. The van der Waals surface area contributed by atoms with E-state index in [-0.39, 0.29) is 22.5 Å². The maximum Gasteiger partial charge on any atom is 0.408 e. The Bertz CT molecular complexity index is 484. The van der Waals surface area contributed by atoms with Gasteiger partial charge in [-0.1, -0.05) is 11.6 Å². The van der Waals surface area contributed by atoms with Gasteiger partial charge in [0.25, 0.3) is 0 Å². The van der Waals surface area contributed by atoms with Crippen molar-refractivity contribution in [1.29, 1.82) is 0 Å². The molecule has 1 saturated carbocycles. The third-order valence-corrected chi connectivity index (χ3v) is 4.21. The summed E-state index contributed by atoms with van der Waals surface area (Å²) >= 11 is 5.82. The fraction of sp³-hybridized carbons (Fsp3) is 0.727. The van der Waals surface area contributed by atoms with Gasteiger partial charge in [0, 0.05) is 13.0 Å². The summed E-state index contributed by atoms with van der Waals surface area (Å²) in [5, 5.41) is 14.8. The Morgan fingerprint density at radius 1 is 1.61 bits per heavy atom. The Hall–Kier alpha value is -1.14. The fourth-order valence-electron chi connectivity index (χ4n) is 2.82. The molecule has 2 heterocycles. The van der Waals surface area contributed by atoms with E-state index in [0.29, 0.717) is 6.61 Å². The first-order valence-corrected chi connectivity index (χ1v) is 6.50. The fourth-order valence-corrected chi connectivity index (χ4v) is 3.02. The normalized spacial score (nSPS) is 25.9. The summed E-state index contributed by atoms with van der Waals surface area (Å²) < 4.78 is 7.47. The monoisotopic (exact) mass is 271 g/mol. The topological polar surface area (TPSA) is 70.2 Å². The van der Waals surface area contributed by atoms with E-state index in [9.17, 15) is 10.1 Å². The molecule has 1 saturated heterocycles. The highest BCUT2D eigenvalue weighted by molar-refractivity contribution is 6.32. The van der Waals surface area contributed by atoms with Crippen LogP contribution in [0.4, 0.5) is 5.82 Å². The summed E-state index contributed by atoms with van der Waals surface area (Å²) in [7, 11) is 0. The molecule has 0 N–H and O–H groups in total. The molecular weight excluding hydrogens is 258 g/mol. The lowest BCUT2D eigenvalue weighted by Gasteiger charge is -2.46. The van der Waals surface area contributed by atoms with Gasteiger partial charge in [-0.15, -0.1) is 0 Å². The van der Waals surface area contributed by atoms with Crippen LogP contribution >= 0.6 is 11.6 Å². The van der Waals surface area contributed by atoms with Gasteiger partial charge in [0.2, 0.25) is 0 Å². The van der Waals surface area contributed by atoms with E-state index in [2.05, 4.69) is 5.10 Å². The minimum absolute atomic E-state index is 0.00385. The molecule has 2 aliphatic rings. The maximum absolute atomic E-state index is 10.7. The molecule has 1 aliphatic carbocycles.